The summed E-state index contributed by atoms with van der Waals surface area (Å²) in [4.78, 5) is 27.3. The van der Waals surface area contributed by atoms with E-state index in [-0.39, 0.29) is 23.8 Å². The van der Waals surface area contributed by atoms with Gasteiger partial charge in [-0.2, -0.15) is 0 Å². The normalized spacial score (nSPS) is 14.7. The van der Waals surface area contributed by atoms with Gasteiger partial charge in [-0.05, 0) is 47.0 Å². The average Bonchev–Trinajstić information content (AvgIpc) is 2.73. The fourth-order valence-electron chi connectivity index (χ4n) is 3.07. The van der Waals surface area contributed by atoms with Gasteiger partial charge in [0.15, 0.2) is 0 Å². The Labute approximate surface area is 171 Å². The molecule has 0 aromatic heterocycles. The quantitative estimate of drug-likeness (QED) is 0.620. The number of thioether (sulfide) groups is 1. The summed E-state index contributed by atoms with van der Waals surface area (Å²) in [6, 6.07) is 19.9. The van der Waals surface area contributed by atoms with E-state index < -0.39 is 5.97 Å². The highest BCUT2D eigenvalue weighted by Gasteiger charge is 2.29. The second-order valence-corrected chi connectivity index (χ2v) is 7.59. The SMILES string of the molecule is O=C([O-])c1ccc2c(c1)N(Cc1ccc(F)cc1)C(=O)C(=Cc1ccccc1)S2. The fourth-order valence-corrected chi connectivity index (χ4v) is 4.11. The fraction of sp³-hybridized carbons (Fsp3) is 0.0435. The molecule has 0 saturated carbocycles. The number of fused-ring (bicyclic) bond motifs is 1. The highest BCUT2D eigenvalue weighted by Crippen LogP contribution is 2.43. The van der Waals surface area contributed by atoms with E-state index in [4.69, 9.17) is 0 Å². The lowest BCUT2D eigenvalue weighted by molar-refractivity contribution is -0.255. The first kappa shape index (κ1) is 19.0. The Balaban J connectivity index is 1.78. The van der Waals surface area contributed by atoms with Crippen LogP contribution in [-0.4, -0.2) is 11.9 Å². The number of carboxylic acid groups (broad SMARTS) is 1. The van der Waals surface area contributed by atoms with Crippen molar-refractivity contribution in [3.05, 3.63) is 100 Å². The lowest BCUT2D eigenvalue weighted by Crippen LogP contribution is -2.34. The Bertz CT molecular complexity index is 1110. The Morgan fingerprint density at radius 1 is 1.03 bits per heavy atom. The third-order valence-electron chi connectivity index (χ3n) is 4.51. The number of nitrogens with zero attached hydrogens (tertiary/aromatic N) is 1. The number of carbonyl (C=O) groups excluding carboxylic acids is 2. The second kappa shape index (κ2) is 7.93. The highest BCUT2D eigenvalue weighted by molar-refractivity contribution is 8.04. The summed E-state index contributed by atoms with van der Waals surface area (Å²) in [6.45, 7) is 0.190. The second-order valence-electron chi connectivity index (χ2n) is 6.51. The summed E-state index contributed by atoms with van der Waals surface area (Å²) in [7, 11) is 0. The number of anilines is 1. The average molecular weight is 404 g/mol. The molecule has 1 aliphatic heterocycles. The summed E-state index contributed by atoms with van der Waals surface area (Å²) < 4.78 is 13.3. The molecule has 6 heteroatoms. The minimum atomic E-state index is -1.31. The van der Waals surface area contributed by atoms with E-state index in [1.807, 2.05) is 30.3 Å². The molecule has 1 heterocycles. The molecular weight excluding hydrogens is 389 g/mol. The minimum Gasteiger partial charge on any atom is -0.545 e. The number of amides is 1. The molecule has 0 N–H and O–H groups in total. The van der Waals surface area contributed by atoms with Crippen molar-refractivity contribution < 1.29 is 19.1 Å². The van der Waals surface area contributed by atoms with Crippen LogP contribution in [0.25, 0.3) is 6.08 Å². The Hall–Kier alpha value is -3.38. The van der Waals surface area contributed by atoms with Crippen LogP contribution >= 0.6 is 11.8 Å². The number of benzene rings is 3. The number of carbonyl (C=O) groups is 2. The first-order chi connectivity index (χ1) is 14.0. The van der Waals surface area contributed by atoms with Crippen LogP contribution in [0.2, 0.25) is 0 Å². The minimum absolute atomic E-state index is 0.00301. The van der Waals surface area contributed by atoms with Crippen molar-refractivity contribution in [3.8, 4) is 0 Å². The monoisotopic (exact) mass is 404 g/mol. The maximum atomic E-state index is 13.3. The molecule has 3 aromatic rings. The van der Waals surface area contributed by atoms with Crippen LogP contribution < -0.4 is 10.0 Å². The third-order valence-corrected chi connectivity index (χ3v) is 5.59. The van der Waals surface area contributed by atoms with Crippen LogP contribution in [0.4, 0.5) is 10.1 Å². The van der Waals surface area contributed by atoms with E-state index in [1.165, 1.54) is 40.9 Å². The Morgan fingerprint density at radius 2 is 1.76 bits per heavy atom. The lowest BCUT2D eigenvalue weighted by atomic mass is 10.1. The largest absolute Gasteiger partial charge is 0.545 e. The van der Waals surface area contributed by atoms with Gasteiger partial charge in [0.1, 0.15) is 5.82 Å². The summed E-state index contributed by atoms with van der Waals surface area (Å²) in [5.74, 6) is -1.91. The number of rotatable bonds is 4. The van der Waals surface area contributed by atoms with Gasteiger partial charge >= 0.3 is 0 Å². The van der Waals surface area contributed by atoms with Gasteiger partial charge < -0.3 is 14.8 Å². The van der Waals surface area contributed by atoms with Crippen molar-refractivity contribution in [2.24, 2.45) is 0 Å². The molecule has 0 saturated heterocycles. The van der Waals surface area contributed by atoms with Crippen LogP contribution in [0.5, 0.6) is 0 Å². The van der Waals surface area contributed by atoms with Gasteiger partial charge in [0, 0.05) is 4.90 Å². The smallest absolute Gasteiger partial charge is 0.265 e. The number of carboxylic acids is 1. The molecule has 0 atom stereocenters. The molecule has 144 valence electrons. The van der Waals surface area contributed by atoms with E-state index in [9.17, 15) is 19.1 Å². The van der Waals surface area contributed by atoms with Crippen molar-refractivity contribution in [3.63, 3.8) is 0 Å². The summed E-state index contributed by atoms with van der Waals surface area (Å²) in [5.41, 5.74) is 2.11. The van der Waals surface area contributed by atoms with E-state index >= 15 is 0 Å². The van der Waals surface area contributed by atoms with Gasteiger partial charge in [-0.1, -0.05) is 60.3 Å². The van der Waals surface area contributed by atoms with Crippen molar-refractivity contribution in [1.82, 2.24) is 0 Å². The van der Waals surface area contributed by atoms with Crippen molar-refractivity contribution in [2.75, 3.05) is 4.90 Å². The molecule has 3 aromatic carbocycles. The van der Waals surface area contributed by atoms with Crippen LogP contribution in [-0.2, 0) is 11.3 Å². The third kappa shape index (κ3) is 4.07. The molecule has 0 aliphatic carbocycles. The first-order valence-corrected chi connectivity index (χ1v) is 9.69. The zero-order chi connectivity index (χ0) is 20.4. The molecular formula is C23H15FNO3S-. The topological polar surface area (TPSA) is 60.4 Å². The predicted octanol–water partition coefficient (Wildman–Crippen LogP) is 3.87. The van der Waals surface area contributed by atoms with Gasteiger partial charge in [-0.25, -0.2) is 4.39 Å². The Kier molecular flexibility index (Phi) is 5.18. The predicted molar refractivity (Wildman–Crippen MR) is 109 cm³/mol. The number of hydrogen-bond acceptors (Lipinski definition) is 4. The lowest BCUT2D eigenvalue weighted by Gasteiger charge is -2.31. The van der Waals surface area contributed by atoms with Crippen molar-refractivity contribution >= 4 is 35.4 Å². The molecule has 4 nitrogen and oxygen atoms in total. The van der Waals surface area contributed by atoms with E-state index in [0.717, 1.165) is 16.0 Å². The molecule has 0 radical (unpaired) electrons. The maximum Gasteiger partial charge on any atom is 0.265 e. The van der Waals surface area contributed by atoms with Crippen molar-refractivity contribution in [2.45, 2.75) is 11.4 Å². The van der Waals surface area contributed by atoms with Crippen molar-refractivity contribution in [1.29, 1.82) is 0 Å². The summed E-state index contributed by atoms with van der Waals surface area (Å²) in [6.07, 6.45) is 1.81. The molecule has 0 bridgehead atoms. The summed E-state index contributed by atoms with van der Waals surface area (Å²) in [5, 5.41) is 11.3. The molecule has 1 amide bonds. The molecule has 1 aliphatic rings. The van der Waals surface area contributed by atoms with Crippen LogP contribution in [0, 0.1) is 5.82 Å². The zero-order valence-electron chi connectivity index (χ0n) is 15.2. The first-order valence-electron chi connectivity index (χ1n) is 8.87. The van der Waals surface area contributed by atoms with Gasteiger partial charge in [-0.15, -0.1) is 0 Å². The molecule has 0 fully saturated rings. The van der Waals surface area contributed by atoms with Gasteiger partial charge in [0.25, 0.3) is 5.91 Å². The maximum absolute atomic E-state index is 13.3. The van der Waals surface area contributed by atoms with Crippen LogP contribution in [0.1, 0.15) is 21.5 Å². The van der Waals surface area contributed by atoms with Gasteiger partial charge in [-0.3, -0.25) is 4.79 Å². The van der Waals surface area contributed by atoms with E-state index in [1.54, 1.807) is 24.3 Å². The molecule has 0 spiro atoms. The van der Waals surface area contributed by atoms with Crippen LogP contribution in [0.15, 0.2) is 82.6 Å². The van der Waals surface area contributed by atoms with E-state index in [2.05, 4.69) is 0 Å². The standard InChI is InChI=1S/C23H16FNO3S/c24-18-9-6-16(7-10-18)14-25-19-13-17(23(27)28)8-11-20(19)29-21(22(25)26)12-15-4-2-1-3-5-15/h1-13H,14H2,(H,27,28)/p-1. The molecule has 0 unspecified atom stereocenters. The summed E-state index contributed by atoms with van der Waals surface area (Å²) >= 11 is 1.29. The number of halogens is 1. The van der Waals surface area contributed by atoms with E-state index in [0.29, 0.717) is 10.6 Å². The van der Waals surface area contributed by atoms with Crippen LogP contribution in [0.3, 0.4) is 0 Å². The number of hydrogen-bond donors (Lipinski definition) is 0. The Morgan fingerprint density at radius 3 is 2.45 bits per heavy atom. The molecule has 29 heavy (non-hydrogen) atoms. The zero-order valence-corrected chi connectivity index (χ0v) is 16.0. The molecule has 4 rings (SSSR count). The van der Waals surface area contributed by atoms with Gasteiger partial charge in [0.05, 0.1) is 23.1 Å². The number of aromatic carboxylic acids is 1. The highest BCUT2D eigenvalue weighted by atomic mass is 32.2. The van der Waals surface area contributed by atoms with Gasteiger partial charge in [0.2, 0.25) is 0 Å².